The second kappa shape index (κ2) is 17.5. The molecule has 0 saturated carbocycles. The third kappa shape index (κ3) is 12.9. The third-order valence-electron chi connectivity index (χ3n) is 7.34. The van der Waals surface area contributed by atoms with Gasteiger partial charge in [0.15, 0.2) is 0 Å². The first-order valence-electron chi connectivity index (χ1n) is 13.7. The Hall–Kier alpha value is -1.99. The maximum atomic E-state index is 12.5. The first kappa shape index (κ1) is 33.0. The van der Waals surface area contributed by atoms with Crippen LogP contribution in [0.5, 0.6) is 0 Å². The van der Waals surface area contributed by atoms with Gasteiger partial charge in [0.1, 0.15) is 6.10 Å². The summed E-state index contributed by atoms with van der Waals surface area (Å²) in [6, 6.07) is 0. The van der Waals surface area contributed by atoms with E-state index in [-0.39, 0.29) is 36.0 Å². The summed E-state index contributed by atoms with van der Waals surface area (Å²) in [4.78, 5) is 12.5. The van der Waals surface area contributed by atoms with E-state index in [0.717, 1.165) is 12.8 Å². The number of cyclic esters (lactones) is 1. The number of ether oxygens (including phenoxy) is 1. The summed E-state index contributed by atoms with van der Waals surface area (Å²) in [5.74, 6) is -0.708. The van der Waals surface area contributed by atoms with Gasteiger partial charge in [0.25, 0.3) is 0 Å². The fourth-order valence-corrected chi connectivity index (χ4v) is 4.90. The number of carbonyl (C=O) groups excluding carboxylic acids is 1. The summed E-state index contributed by atoms with van der Waals surface area (Å²) in [5.41, 5.74) is 0. The van der Waals surface area contributed by atoms with Crippen molar-refractivity contribution < 1.29 is 30.0 Å². The molecule has 0 fully saturated rings. The minimum Gasteiger partial charge on any atom is -0.458 e. The molecule has 10 atom stereocenters. The molecule has 0 aromatic heterocycles. The number of hydrogen-bond acceptors (Lipinski definition) is 6. The standard InChI is InChI=1S/C31H50O6/c1-7-8-12-23(4)31-25(6)28(34)18-15-21(2)19-24(5)30(36)22(3)16-17-27(33)20-26(32)13-10-9-11-14-29(35)37-31/h7-12,14,16-17,21-28,30-34,36H,1,13,15,18-20H2,2-6H3/b10-9+,12-8-,14-11-,17-16-/t21?,22-,23-,24-,25-,26+,27+,28+,30-,31?/m0/s1. The lowest BCUT2D eigenvalue weighted by Crippen LogP contribution is -2.37. The Morgan fingerprint density at radius 3 is 2.41 bits per heavy atom. The number of hydrogen-bond donors (Lipinski definition) is 4. The maximum Gasteiger partial charge on any atom is 0.331 e. The Bertz CT molecular complexity index is 785. The lowest BCUT2D eigenvalue weighted by molar-refractivity contribution is -0.150. The molecule has 37 heavy (non-hydrogen) atoms. The molecule has 0 saturated heterocycles. The van der Waals surface area contributed by atoms with Crippen molar-refractivity contribution in [2.75, 3.05) is 0 Å². The van der Waals surface area contributed by atoms with E-state index in [0.29, 0.717) is 12.8 Å². The van der Waals surface area contributed by atoms with Crippen molar-refractivity contribution in [2.45, 2.75) is 97.2 Å². The Morgan fingerprint density at radius 1 is 1.03 bits per heavy atom. The predicted molar refractivity (Wildman–Crippen MR) is 150 cm³/mol. The molecule has 1 aliphatic heterocycles. The molecule has 6 heteroatoms. The van der Waals surface area contributed by atoms with Gasteiger partial charge in [-0.05, 0) is 37.5 Å². The van der Waals surface area contributed by atoms with Gasteiger partial charge >= 0.3 is 5.97 Å². The number of carbonyl (C=O) groups is 1. The van der Waals surface area contributed by atoms with Gasteiger partial charge in [-0.2, -0.15) is 0 Å². The van der Waals surface area contributed by atoms with Gasteiger partial charge in [-0.25, -0.2) is 4.79 Å². The number of esters is 1. The van der Waals surface area contributed by atoms with Crippen LogP contribution >= 0.6 is 0 Å². The molecule has 0 spiro atoms. The topological polar surface area (TPSA) is 107 Å². The lowest BCUT2D eigenvalue weighted by Gasteiger charge is -2.31. The molecular weight excluding hydrogens is 468 g/mol. The molecule has 2 unspecified atom stereocenters. The zero-order chi connectivity index (χ0) is 28.0. The third-order valence-corrected chi connectivity index (χ3v) is 7.34. The van der Waals surface area contributed by atoms with Crippen LogP contribution in [0.2, 0.25) is 0 Å². The zero-order valence-electron chi connectivity index (χ0n) is 23.3. The minimum atomic E-state index is -0.812. The summed E-state index contributed by atoms with van der Waals surface area (Å²) >= 11 is 0. The first-order valence-corrected chi connectivity index (χ1v) is 13.7. The predicted octanol–water partition coefficient (Wildman–Crippen LogP) is 4.90. The largest absolute Gasteiger partial charge is 0.458 e. The van der Waals surface area contributed by atoms with Crippen LogP contribution in [0, 0.1) is 29.6 Å². The van der Waals surface area contributed by atoms with Crippen molar-refractivity contribution in [3.8, 4) is 0 Å². The Kier molecular flexibility index (Phi) is 15.6. The van der Waals surface area contributed by atoms with E-state index >= 15 is 0 Å². The molecule has 4 N–H and O–H groups in total. The van der Waals surface area contributed by atoms with E-state index in [1.54, 1.807) is 30.4 Å². The second-order valence-corrected chi connectivity index (χ2v) is 10.9. The van der Waals surface area contributed by atoms with Crippen molar-refractivity contribution in [1.29, 1.82) is 0 Å². The minimum absolute atomic E-state index is 0.0412. The van der Waals surface area contributed by atoms with E-state index in [9.17, 15) is 25.2 Å². The summed E-state index contributed by atoms with van der Waals surface area (Å²) in [6.07, 6.45) is 14.5. The van der Waals surface area contributed by atoms with Crippen molar-refractivity contribution >= 4 is 5.97 Å². The second-order valence-electron chi connectivity index (χ2n) is 10.9. The quantitative estimate of drug-likeness (QED) is 0.241. The van der Waals surface area contributed by atoms with Crippen molar-refractivity contribution in [3.63, 3.8) is 0 Å². The number of aliphatic hydroxyl groups excluding tert-OH is 4. The number of rotatable bonds is 3. The van der Waals surface area contributed by atoms with Crippen LogP contribution in [0.1, 0.15) is 66.7 Å². The Labute approximate surface area is 224 Å². The highest BCUT2D eigenvalue weighted by Crippen LogP contribution is 2.28. The molecule has 0 radical (unpaired) electrons. The van der Waals surface area contributed by atoms with E-state index in [2.05, 4.69) is 13.5 Å². The average Bonchev–Trinajstić information content (AvgIpc) is 2.85. The molecule has 1 heterocycles. The van der Waals surface area contributed by atoms with Crippen LogP contribution < -0.4 is 0 Å². The van der Waals surface area contributed by atoms with Crippen molar-refractivity contribution in [1.82, 2.24) is 0 Å². The number of aliphatic hydroxyl groups is 4. The van der Waals surface area contributed by atoms with Gasteiger partial charge in [-0.15, -0.1) is 0 Å². The van der Waals surface area contributed by atoms with Crippen molar-refractivity contribution in [3.05, 3.63) is 61.3 Å². The van der Waals surface area contributed by atoms with Gasteiger partial charge in [0.2, 0.25) is 0 Å². The van der Waals surface area contributed by atoms with E-state index in [4.69, 9.17) is 4.74 Å². The SMILES string of the molecule is C=C/C=C\[C@H](C)C1OC(=O)/C=C\C=C\C[C@@H](O)C[C@H](O)/C=C\[C@H](C)[C@H](O)[C@@H](C)CC(C)CC[C@@H](O)[C@@H]1C. The van der Waals surface area contributed by atoms with Crippen LogP contribution in [0.4, 0.5) is 0 Å². The maximum absolute atomic E-state index is 12.5. The highest BCUT2D eigenvalue weighted by molar-refractivity contribution is 5.82. The van der Waals surface area contributed by atoms with Gasteiger partial charge < -0.3 is 25.2 Å². The summed E-state index contributed by atoms with van der Waals surface area (Å²) in [5, 5.41) is 42.2. The molecule has 0 aliphatic carbocycles. The molecule has 0 aromatic rings. The van der Waals surface area contributed by atoms with Crippen LogP contribution in [0.3, 0.4) is 0 Å². The van der Waals surface area contributed by atoms with Gasteiger partial charge in [-0.3, -0.25) is 0 Å². The van der Waals surface area contributed by atoms with Crippen molar-refractivity contribution in [2.24, 2.45) is 29.6 Å². The molecule has 0 amide bonds. The highest BCUT2D eigenvalue weighted by atomic mass is 16.5. The summed E-state index contributed by atoms with van der Waals surface area (Å²) < 4.78 is 5.78. The summed E-state index contributed by atoms with van der Waals surface area (Å²) in [6.45, 7) is 13.6. The fourth-order valence-electron chi connectivity index (χ4n) is 4.90. The first-order chi connectivity index (χ1) is 17.5. The molecule has 0 bridgehead atoms. The monoisotopic (exact) mass is 518 g/mol. The zero-order valence-corrected chi connectivity index (χ0v) is 23.3. The average molecular weight is 519 g/mol. The molecular formula is C31H50O6. The molecule has 1 rings (SSSR count). The Balaban J connectivity index is 3.10. The normalized spacial score (nSPS) is 39.5. The van der Waals surface area contributed by atoms with E-state index in [1.807, 2.05) is 45.9 Å². The van der Waals surface area contributed by atoms with E-state index in [1.165, 1.54) is 6.08 Å². The lowest BCUT2D eigenvalue weighted by atomic mass is 9.82. The Morgan fingerprint density at radius 2 is 1.73 bits per heavy atom. The molecule has 1 aliphatic rings. The van der Waals surface area contributed by atoms with Gasteiger partial charge in [-0.1, -0.05) is 89.8 Å². The molecule has 210 valence electrons. The van der Waals surface area contributed by atoms with E-state index < -0.39 is 36.5 Å². The van der Waals surface area contributed by atoms with Gasteiger partial charge in [0.05, 0.1) is 24.4 Å². The summed E-state index contributed by atoms with van der Waals surface area (Å²) in [7, 11) is 0. The number of allylic oxidation sites excluding steroid dienone is 4. The van der Waals surface area contributed by atoms with Crippen LogP contribution in [0.15, 0.2) is 61.3 Å². The fraction of sp³-hybridized carbons (Fsp3) is 0.645. The van der Waals surface area contributed by atoms with Gasteiger partial charge in [0, 0.05) is 30.3 Å². The van der Waals surface area contributed by atoms with Crippen LogP contribution in [-0.4, -0.2) is 56.9 Å². The molecule has 0 aromatic carbocycles. The highest BCUT2D eigenvalue weighted by Gasteiger charge is 2.31. The smallest absolute Gasteiger partial charge is 0.331 e. The van der Waals surface area contributed by atoms with Crippen LogP contribution in [-0.2, 0) is 9.53 Å². The van der Waals surface area contributed by atoms with Crippen LogP contribution in [0.25, 0.3) is 0 Å². The molecule has 6 nitrogen and oxygen atoms in total.